The number of fused-ring (bicyclic) bond motifs is 1. The van der Waals surface area contributed by atoms with Gasteiger partial charge in [-0.3, -0.25) is 0 Å². The van der Waals surface area contributed by atoms with Crippen LogP contribution in [-0.2, 0) is 4.52 Å². The molecule has 0 aliphatic carbocycles. The zero-order valence-electron chi connectivity index (χ0n) is 8.49. The third kappa shape index (κ3) is 2.86. The van der Waals surface area contributed by atoms with Crippen LogP contribution in [-0.4, -0.2) is 0 Å². The quantitative estimate of drug-likeness (QED) is 0.509. The molecule has 17 heavy (non-hydrogen) atoms. The second-order valence-corrected chi connectivity index (χ2v) is 10.2. The molecule has 1 aromatic rings. The Hall–Kier alpha value is -0.0500. The summed E-state index contributed by atoms with van der Waals surface area (Å²) in [6.07, 6.45) is 0. The van der Waals surface area contributed by atoms with Crippen LogP contribution in [0, 0.1) is 0 Å². The summed E-state index contributed by atoms with van der Waals surface area (Å²) < 4.78 is 15.9. The summed E-state index contributed by atoms with van der Waals surface area (Å²) in [6.45, 7) is 1.50. The van der Waals surface area contributed by atoms with Crippen LogP contribution in [0.3, 0.4) is 0 Å². The van der Waals surface area contributed by atoms with Crippen molar-refractivity contribution in [2.75, 3.05) is 0 Å². The predicted molar refractivity (Wildman–Crippen MR) is 71.8 cm³/mol. The summed E-state index contributed by atoms with van der Waals surface area (Å²) in [5.41, 5.74) is 0. The van der Waals surface area contributed by atoms with Gasteiger partial charge in [-0.1, -0.05) is 0 Å². The first-order valence-corrected chi connectivity index (χ1v) is 9.01. The van der Waals surface area contributed by atoms with Gasteiger partial charge in [-0.2, -0.15) is 0 Å². The van der Waals surface area contributed by atoms with E-state index in [1.165, 1.54) is 6.92 Å². The molecule has 0 saturated heterocycles. The fraction of sp³-hybridized carbons (Fsp3) is 0.111. The Morgan fingerprint density at radius 3 is 2.00 bits per heavy atom. The van der Waals surface area contributed by atoms with E-state index in [1.807, 2.05) is 0 Å². The standard InChI is InChI=1S/C9H7Cl4O3P/c1-6(9(10)11)14-17(12,13)15-7-4-2-3-5-8(7)16-17/h2-5H,1H3. The molecule has 1 aliphatic heterocycles. The van der Waals surface area contributed by atoms with Gasteiger partial charge in [0.05, 0.1) is 0 Å². The number of para-hydroxylation sites is 2. The average Bonchev–Trinajstić information content (AvgIpc) is 2.48. The second-order valence-electron chi connectivity index (χ2n) is 3.24. The molecule has 0 fully saturated rings. The molecule has 0 aromatic heterocycles. The fourth-order valence-corrected chi connectivity index (χ4v) is 4.47. The molecule has 0 unspecified atom stereocenters. The Balaban J connectivity index is 2.32. The number of hydrogen-bond donors (Lipinski definition) is 0. The molecule has 8 heteroatoms. The molecular weight excluding hydrogens is 329 g/mol. The summed E-state index contributed by atoms with van der Waals surface area (Å²) in [6, 6.07) is 6.85. The van der Waals surface area contributed by atoms with Crippen molar-refractivity contribution in [2.24, 2.45) is 0 Å². The van der Waals surface area contributed by atoms with Gasteiger partial charge >= 0.3 is 118 Å². The summed E-state index contributed by atoms with van der Waals surface area (Å²) in [5, 5.41) is 0. The number of rotatable bonds is 2. The van der Waals surface area contributed by atoms with E-state index < -0.39 is 5.99 Å². The zero-order chi connectivity index (χ0) is 12.7. The first kappa shape index (κ1) is 13.4. The number of allylic oxidation sites excluding steroid dienone is 1. The van der Waals surface area contributed by atoms with E-state index in [-0.39, 0.29) is 10.3 Å². The van der Waals surface area contributed by atoms with Crippen molar-refractivity contribution >= 4 is 51.7 Å². The Bertz CT molecular complexity index is 470. The van der Waals surface area contributed by atoms with E-state index in [0.29, 0.717) is 11.5 Å². The van der Waals surface area contributed by atoms with Crippen LogP contribution in [0.1, 0.15) is 6.92 Å². The first-order valence-electron chi connectivity index (χ1n) is 4.45. The van der Waals surface area contributed by atoms with Gasteiger partial charge in [0.15, 0.2) is 0 Å². The Labute approximate surface area is 118 Å². The number of benzene rings is 1. The van der Waals surface area contributed by atoms with Gasteiger partial charge in [0, 0.05) is 0 Å². The fourth-order valence-electron chi connectivity index (χ4n) is 1.22. The molecule has 0 saturated carbocycles. The summed E-state index contributed by atoms with van der Waals surface area (Å²) >= 11 is 23.3. The molecule has 0 bridgehead atoms. The van der Waals surface area contributed by atoms with Crippen molar-refractivity contribution in [3.8, 4) is 11.5 Å². The van der Waals surface area contributed by atoms with E-state index in [4.69, 9.17) is 59.3 Å². The van der Waals surface area contributed by atoms with Crippen molar-refractivity contribution in [3.05, 3.63) is 34.5 Å². The van der Waals surface area contributed by atoms with Gasteiger partial charge in [0.1, 0.15) is 0 Å². The molecule has 2 rings (SSSR count). The van der Waals surface area contributed by atoms with Gasteiger partial charge in [-0.15, -0.1) is 0 Å². The molecule has 94 valence electrons. The topological polar surface area (TPSA) is 27.7 Å². The van der Waals surface area contributed by atoms with Gasteiger partial charge < -0.3 is 0 Å². The van der Waals surface area contributed by atoms with Crippen molar-refractivity contribution < 1.29 is 13.6 Å². The Kier molecular flexibility index (Phi) is 3.35. The van der Waals surface area contributed by atoms with Crippen LogP contribution in [0.5, 0.6) is 11.5 Å². The van der Waals surface area contributed by atoms with Crippen LogP contribution < -0.4 is 9.05 Å². The van der Waals surface area contributed by atoms with E-state index in [9.17, 15) is 0 Å². The average molecular weight is 336 g/mol. The summed E-state index contributed by atoms with van der Waals surface area (Å²) in [7, 11) is 0. The Morgan fingerprint density at radius 2 is 1.59 bits per heavy atom. The van der Waals surface area contributed by atoms with E-state index in [0.717, 1.165) is 0 Å². The van der Waals surface area contributed by atoms with E-state index in [2.05, 4.69) is 0 Å². The van der Waals surface area contributed by atoms with Crippen LogP contribution in [0.4, 0.5) is 0 Å². The minimum atomic E-state index is -4.28. The zero-order valence-corrected chi connectivity index (χ0v) is 12.4. The van der Waals surface area contributed by atoms with Crippen LogP contribution >= 0.6 is 51.7 Å². The maximum atomic E-state index is 6.11. The SMILES string of the molecule is CC(OP1(Cl)(Cl)Oc2ccccc2O1)=C(Cl)Cl. The second kappa shape index (κ2) is 4.25. The molecule has 0 radical (unpaired) electrons. The molecule has 1 heterocycles. The first-order chi connectivity index (χ1) is 7.78. The van der Waals surface area contributed by atoms with Gasteiger partial charge in [-0.05, 0) is 0 Å². The molecular formula is C9H7Cl4O3P. The van der Waals surface area contributed by atoms with Crippen molar-refractivity contribution in [3.63, 3.8) is 0 Å². The molecule has 0 atom stereocenters. The van der Waals surface area contributed by atoms with Crippen molar-refractivity contribution in [1.29, 1.82) is 0 Å². The molecule has 3 nitrogen and oxygen atoms in total. The molecule has 0 spiro atoms. The van der Waals surface area contributed by atoms with Crippen LogP contribution in [0.2, 0.25) is 0 Å². The van der Waals surface area contributed by atoms with Crippen LogP contribution in [0.15, 0.2) is 34.5 Å². The monoisotopic (exact) mass is 334 g/mol. The van der Waals surface area contributed by atoms with Crippen molar-refractivity contribution in [1.82, 2.24) is 0 Å². The van der Waals surface area contributed by atoms with Gasteiger partial charge in [-0.25, -0.2) is 0 Å². The molecule has 0 amide bonds. The maximum absolute atomic E-state index is 6.11. The summed E-state index contributed by atoms with van der Waals surface area (Å²) in [5.74, 6) is -3.33. The van der Waals surface area contributed by atoms with Gasteiger partial charge in [0.25, 0.3) is 0 Å². The normalized spacial score (nSPS) is 21.1. The number of hydrogen-bond acceptors (Lipinski definition) is 3. The third-order valence-corrected chi connectivity index (χ3v) is 5.18. The Morgan fingerprint density at radius 1 is 1.12 bits per heavy atom. The van der Waals surface area contributed by atoms with Crippen molar-refractivity contribution in [2.45, 2.75) is 6.92 Å². The van der Waals surface area contributed by atoms with Gasteiger partial charge in [0.2, 0.25) is 0 Å². The third-order valence-electron chi connectivity index (χ3n) is 1.88. The number of halogens is 4. The predicted octanol–water partition coefficient (Wildman–Crippen LogP) is 5.75. The minimum absolute atomic E-state index is 0.0987. The van der Waals surface area contributed by atoms with E-state index >= 15 is 0 Å². The van der Waals surface area contributed by atoms with E-state index in [1.54, 1.807) is 24.3 Å². The molecule has 0 N–H and O–H groups in total. The molecule has 1 aromatic carbocycles. The van der Waals surface area contributed by atoms with Crippen LogP contribution in [0.25, 0.3) is 0 Å². The molecule has 1 aliphatic rings. The summed E-state index contributed by atoms with van der Waals surface area (Å²) in [4.78, 5) is 0.